The second-order valence-corrected chi connectivity index (χ2v) is 0.488. The Morgan fingerprint density at radius 2 is 1.50 bits per heavy atom. The summed E-state index contributed by atoms with van der Waals surface area (Å²) in [4.78, 5) is 8.36. The third-order valence-electron chi connectivity index (χ3n) is 0. The van der Waals surface area contributed by atoms with Gasteiger partial charge in [0.2, 0.25) is 0 Å². The molecule has 0 fully saturated rings. The van der Waals surface area contributed by atoms with Gasteiger partial charge < -0.3 is 11.4 Å². The molecule has 0 aliphatic carbocycles. The van der Waals surface area contributed by atoms with E-state index in [-0.39, 0.29) is 6.15 Å². The molecule has 7 nitrogen and oxygen atoms in total. The van der Waals surface area contributed by atoms with Crippen molar-refractivity contribution < 1.29 is 19.2 Å². The fraction of sp³-hybridized carbons (Fsp3) is 0. The van der Waals surface area contributed by atoms with Crippen LogP contribution in [0.5, 0.6) is 0 Å². The van der Waals surface area contributed by atoms with Crippen LogP contribution < -0.4 is 6.15 Å². The van der Waals surface area contributed by atoms with Gasteiger partial charge >= 0.3 is 9.29 Å². The molecule has 8 heavy (non-hydrogen) atoms. The molecule has 0 saturated carbocycles. The minimum atomic E-state index is -1.50. The Bertz CT molecular complexity index is 78.4. The van der Waals surface area contributed by atoms with Crippen molar-refractivity contribution >= 4 is 9.29 Å². The molecule has 0 aromatic heterocycles. The predicted molar refractivity (Wildman–Crippen MR) is 20.9 cm³/mol. The van der Waals surface area contributed by atoms with Crippen LogP contribution in [0.3, 0.4) is 0 Å². The minimum Gasteiger partial charge on any atom is -0.344 e. The lowest BCUT2D eigenvalue weighted by Crippen LogP contribution is -1.81. The van der Waals surface area contributed by atoms with Gasteiger partial charge in [-0.15, -0.1) is 10.1 Å². The average Bonchev–Trinajstić information content (AvgIpc) is 1.33. The fourth-order valence-electron chi connectivity index (χ4n) is 0. The summed E-state index contributed by atoms with van der Waals surface area (Å²) < 4.78 is 16.8. The van der Waals surface area contributed by atoms with Crippen LogP contribution in [0.15, 0.2) is 0 Å². The molecule has 0 bridgehead atoms. The first-order chi connectivity index (χ1) is 3.15. The largest absolute Gasteiger partial charge is 0.549 e. The summed E-state index contributed by atoms with van der Waals surface area (Å²) in [5.41, 5.74) is 0. The second-order valence-electron chi connectivity index (χ2n) is 0.321. The molecule has 0 saturated heterocycles. The molecule has 0 amide bonds. The van der Waals surface area contributed by atoms with Gasteiger partial charge in [0.15, 0.2) is 0 Å². The quantitative estimate of drug-likeness (QED) is 0.257. The van der Waals surface area contributed by atoms with Crippen molar-refractivity contribution in [2.75, 3.05) is 0 Å². The van der Waals surface area contributed by atoms with Crippen LogP contribution in [0.25, 0.3) is 0 Å². The van der Waals surface area contributed by atoms with Crippen molar-refractivity contribution in [3.63, 3.8) is 0 Å². The molecule has 4 N–H and O–H groups in total. The Morgan fingerprint density at radius 3 is 1.50 bits per heavy atom. The Hall–Kier alpha value is -1.02. The second kappa shape index (κ2) is 16.7. The van der Waals surface area contributed by atoms with Crippen LogP contribution in [0.1, 0.15) is 0 Å². The van der Waals surface area contributed by atoms with Gasteiger partial charge in [0, 0.05) is 0 Å². The molecule has 0 atom stereocenters. The topological polar surface area (TPSA) is 133 Å². The lowest BCUT2D eigenvalue weighted by molar-refractivity contribution is -0.742. The summed E-state index contributed by atoms with van der Waals surface area (Å²) in [6.07, 6.45) is 0. The zero-order valence-corrected chi connectivity index (χ0v) is 4.73. The first-order valence-electron chi connectivity index (χ1n) is 0.973. The van der Waals surface area contributed by atoms with E-state index >= 15 is 0 Å². The molecular formula is H4N2O5Si. The van der Waals surface area contributed by atoms with Gasteiger partial charge in [0.05, 0.1) is 0 Å². The average molecular weight is 140 g/mol. The Kier molecular flexibility index (Phi) is 32.9. The molecule has 0 aliphatic rings. The first-order valence-corrected chi connectivity index (χ1v) is 1.79. The molecule has 8 heteroatoms. The van der Waals surface area contributed by atoms with E-state index in [1.165, 1.54) is 0 Å². The fourth-order valence-corrected chi connectivity index (χ4v) is 0. The summed E-state index contributed by atoms with van der Waals surface area (Å²) in [7, 11) is -1.42. The van der Waals surface area contributed by atoms with E-state index in [2.05, 4.69) is 0 Å². The van der Waals surface area contributed by atoms with Gasteiger partial charge in [-0.1, -0.05) is 0 Å². The van der Waals surface area contributed by atoms with E-state index in [0.29, 0.717) is 0 Å². The highest BCUT2D eigenvalue weighted by atomic mass is 28.2. The lowest BCUT2D eigenvalue weighted by Gasteiger charge is -1.56. The normalized spacial score (nSPS) is 4.00. The van der Waals surface area contributed by atoms with Crippen molar-refractivity contribution in [3.05, 3.63) is 10.1 Å². The molecule has 0 rings (SSSR count). The van der Waals surface area contributed by atoms with Crippen LogP contribution in [-0.2, 0) is 8.92 Å². The van der Waals surface area contributed by atoms with Crippen molar-refractivity contribution in [1.29, 1.82) is 0 Å². The lowest BCUT2D eigenvalue weighted by atomic mass is 13.1. The van der Waals surface area contributed by atoms with Crippen molar-refractivity contribution in [1.82, 2.24) is 6.15 Å². The maximum Gasteiger partial charge on any atom is 0.549 e. The maximum atomic E-state index is 8.40. The molecule has 0 aliphatic heterocycles. The summed E-state index contributed by atoms with van der Waals surface area (Å²) in [5, 5.41) is 13.6. The zero-order chi connectivity index (χ0) is 6.28. The van der Waals surface area contributed by atoms with E-state index in [0.717, 1.165) is 0 Å². The SMILES string of the molecule is N.O=[N+]([O-])O.O=[Si]=O. The third-order valence-corrected chi connectivity index (χ3v) is 0. The number of hydrogen-bond donors (Lipinski definition) is 2. The highest BCUT2D eigenvalue weighted by molar-refractivity contribution is 5.94. The van der Waals surface area contributed by atoms with Gasteiger partial charge in [-0.2, -0.15) is 0 Å². The summed E-state index contributed by atoms with van der Waals surface area (Å²) in [5.74, 6) is 0. The van der Waals surface area contributed by atoms with E-state index < -0.39 is 14.4 Å². The van der Waals surface area contributed by atoms with E-state index in [9.17, 15) is 0 Å². The molecule has 0 unspecified atom stereocenters. The van der Waals surface area contributed by atoms with Crippen LogP contribution in [0.2, 0.25) is 0 Å². The van der Waals surface area contributed by atoms with Gasteiger partial charge in [0.25, 0.3) is 5.09 Å². The minimum absolute atomic E-state index is 0. The summed E-state index contributed by atoms with van der Waals surface area (Å²) >= 11 is 0. The monoisotopic (exact) mass is 140 g/mol. The standard InChI is InChI=1S/HNO3.H3N.O2Si/c2-1(3)4;;1-3-2/h(H,2,3,4);1H3;. The van der Waals surface area contributed by atoms with Crippen LogP contribution in [0, 0.1) is 10.1 Å². The van der Waals surface area contributed by atoms with Crippen LogP contribution in [0.4, 0.5) is 0 Å². The van der Waals surface area contributed by atoms with Crippen molar-refractivity contribution in [2.45, 2.75) is 0 Å². The number of hydrogen-bond acceptors (Lipinski definition) is 5. The molecule has 0 aromatic carbocycles. The first kappa shape index (κ1) is 15.8. The van der Waals surface area contributed by atoms with Gasteiger partial charge in [0.1, 0.15) is 0 Å². The summed E-state index contributed by atoms with van der Waals surface area (Å²) in [6, 6.07) is 0. The maximum absolute atomic E-state index is 8.40. The zero-order valence-electron chi connectivity index (χ0n) is 3.73. The molecule has 0 radical (unpaired) electrons. The van der Waals surface area contributed by atoms with Gasteiger partial charge in [-0.3, -0.25) is 8.92 Å². The van der Waals surface area contributed by atoms with Crippen molar-refractivity contribution in [3.8, 4) is 0 Å². The molecule has 0 aromatic rings. The molecule has 0 heterocycles. The van der Waals surface area contributed by atoms with E-state index in [1.807, 2.05) is 0 Å². The van der Waals surface area contributed by atoms with Gasteiger partial charge in [-0.05, 0) is 0 Å². The smallest absolute Gasteiger partial charge is 0.344 e. The Labute approximate surface area is 45.9 Å². The predicted octanol–water partition coefficient (Wildman–Crippen LogP) is -0.804. The Morgan fingerprint density at radius 1 is 1.50 bits per heavy atom. The van der Waals surface area contributed by atoms with E-state index in [4.69, 9.17) is 24.2 Å². The van der Waals surface area contributed by atoms with Gasteiger partial charge in [-0.25, -0.2) is 0 Å². The van der Waals surface area contributed by atoms with E-state index in [1.54, 1.807) is 0 Å². The van der Waals surface area contributed by atoms with Crippen molar-refractivity contribution in [2.24, 2.45) is 0 Å². The number of nitrogens with zero attached hydrogens (tertiary/aromatic N) is 1. The Balaban J connectivity index is -0.0000000575. The summed E-state index contributed by atoms with van der Waals surface area (Å²) in [6.45, 7) is 0. The van der Waals surface area contributed by atoms with Crippen LogP contribution >= 0.6 is 0 Å². The highest BCUT2D eigenvalue weighted by Crippen LogP contribution is 1.38. The number of rotatable bonds is 0. The van der Waals surface area contributed by atoms with Crippen LogP contribution in [-0.4, -0.2) is 19.6 Å². The molecular weight excluding hydrogens is 136 g/mol. The third kappa shape index (κ3) is 75.2. The highest BCUT2D eigenvalue weighted by Gasteiger charge is 1.65. The molecule has 48 valence electrons. The molecule has 0 spiro atoms.